The van der Waals surface area contributed by atoms with Gasteiger partial charge in [0.2, 0.25) is 0 Å². The summed E-state index contributed by atoms with van der Waals surface area (Å²) in [4.78, 5) is 14.1. The summed E-state index contributed by atoms with van der Waals surface area (Å²) < 4.78 is 1.75. The summed E-state index contributed by atoms with van der Waals surface area (Å²) >= 11 is 0. The number of nitrogens with one attached hydrogen (secondary N) is 1. The van der Waals surface area contributed by atoms with Crippen molar-refractivity contribution < 1.29 is 4.79 Å². The van der Waals surface area contributed by atoms with Gasteiger partial charge in [-0.3, -0.25) is 14.6 Å². The molecule has 2 aromatic heterocycles. The van der Waals surface area contributed by atoms with Gasteiger partial charge in [-0.15, -0.1) is 0 Å². The van der Waals surface area contributed by atoms with Crippen LogP contribution in [0.1, 0.15) is 33.4 Å². The standard InChI is InChI=1S/C13H14N6O/c1-8-12(9(2)17-16-8)13(20)18-6-11(7-18)19-5-10(3-14)4-15-19/h4-5,11H,6-7H2,1-2H3,(H,16,17). The zero-order chi connectivity index (χ0) is 14.3. The van der Waals surface area contributed by atoms with Gasteiger partial charge in [-0.25, -0.2) is 0 Å². The summed E-state index contributed by atoms with van der Waals surface area (Å²) in [5.74, 6) is -0.00216. The zero-order valence-electron chi connectivity index (χ0n) is 11.3. The maximum absolute atomic E-state index is 12.4. The second kappa shape index (κ2) is 4.49. The fourth-order valence-corrected chi connectivity index (χ4v) is 2.41. The maximum atomic E-state index is 12.4. The molecule has 0 spiro atoms. The molecule has 1 aliphatic heterocycles. The Labute approximate surface area is 115 Å². The van der Waals surface area contributed by atoms with Crippen LogP contribution in [0.2, 0.25) is 0 Å². The van der Waals surface area contributed by atoms with Crippen molar-refractivity contribution in [3.63, 3.8) is 0 Å². The highest BCUT2D eigenvalue weighted by molar-refractivity contribution is 5.96. The number of aryl methyl sites for hydroxylation is 2. The average molecular weight is 270 g/mol. The number of aromatic nitrogens is 4. The van der Waals surface area contributed by atoms with E-state index in [4.69, 9.17) is 5.26 Å². The lowest BCUT2D eigenvalue weighted by Crippen LogP contribution is -2.51. The Morgan fingerprint density at radius 3 is 2.80 bits per heavy atom. The van der Waals surface area contributed by atoms with Crippen LogP contribution >= 0.6 is 0 Å². The average Bonchev–Trinajstić information content (AvgIpc) is 2.95. The van der Waals surface area contributed by atoms with Gasteiger partial charge < -0.3 is 4.90 Å². The van der Waals surface area contributed by atoms with E-state index in [0.717, 1.165) is 11.4 Å². The van der Waals surface area contributed by atoms with Crippen LogP contribution in [0.3, 0.4) is 0 Å². The largest absolute Gasteiger partial charge is 0.334 e. The molecule has 1 N–H and O–H groups in total. The number of carbonyl (C=O) groups excluding carboxylic acids is 1. The lowest BCUT2D eigenvalue weighted by atomic mass is 10.1. The normalized spacial score (nSPS) is 14.9. The van der Waals surface area contributed by atoms with Crippen molar-refractivity contribution in [3.8, 4) is 6.07 Å². The molecule has 0 atom stereocenters. The molecule has 0 unspecified atom stereocenters. The first-order valence-corrected chi connectivity index (χ1v) is 6.35. The van der Waals surface area contributed by atoms with Crippen LogP contribution in [0.15, 0.2) is 12.4 Å². The van der Waals surface area contributed by atoms with Crippen LogP contribution in [0.5, 0.6) is 0 Å². The highest BCUT2D eigenvalue weighted by Gasteiger charge is 2.34. The van der Waals surface area contributed by atoms with E-state index in [0.29, 0.717) is 24.2 Å². The van der Waals surface area contributed by atoms with Gasteiger partial charge in [-0.05, 0) is 13.8 Å². The SMILES string of the molecule is Cc1n[nH]c(C)c1C(=O)N1CC(n2cc(C#N)cn2)C1. The molecule has 1 fully saturated rings. The van der Waals surface area contributed by atoms with Gasteiger partial charge in [0.05, 0.1) is 29.1 Å². The second-order valence-electron chi connectivity index (χ2n) is 4.99. The number of nitriles is 1. The summed E-state index contributed by atoms with van der Waals surface area (Å²) in [5.41, 5.74) is 2.71. The first-order valence-electron chi connectivity index (χ1n) is 6.35. The molecule has 0 bridgehead atoms. The molecule has 7 heteroatoms. The Balaban J connectivity index is 1.69. The minimum atomic E-state index is -0.00216. The molecule has 3 rings (SSSR count). The van der Waals surface area contributed by atoms with Crippen molar-refractivity contribution in [2.75, 3.05) is 13.1 Å². The quantitative estimate of drug-likeness (QED) is 0.873. The van der Waals surface area contributed by atoms with Crippen LogP contribution < -0.4 is 0 Å². The number of H-pyrrole nitrogens is 1. The lowest BCUT2D eigenvalue weighted by molar-refractivity contribution is 0.0500. The summed E-state index contributed by atoms with van der Waals surface area (Å²) in [6, 6.07) is 2.19. The van der Waals surface area contributed by atoms with Crippen molar-refractivity contribution >= 4 is 5.91 Å². The number of likely N-dealkylation sites (tertiary alicyclic amines) is 1. The van der Waals surface area contributed by atoms with Crippen molar-refractivity contribution in [2.24, 2.45) is 0 Å². The van der Waals surface area contributed by atoms with Gasteiger partial charge in [0.25, 0.3) is 5.91 Å². The molecule has 7 nitrogen and oxygen atoms in total. The van der Waals surface area contributed by atoms with Gasteiger partial charge in [0.15, 0.2) is 0 Å². The first-order chi connectivity index (χ1) is 9.60. The molecule has 0 aliphatic carbocycles. The van der Waals surface area contributed by atoms with Crippen LogP contribution in [0.25, 0.3) is 0 Å². The first kappa shape index (κ1) is 12.4. The van der Waals surface area contributed by atoms with Crippen LogP contribution in [-0.2, 0) is 0 Å². The monoisotopic (exact) mass is 270 g/mol. The summed E-state index contributed by atoms with van der Waals surface area (Å²) in [7, 11) is 0. The summed E-state index contributed by atoms with van der Waals surface area (Å²) in [5, 5.41) is 19.8. The Morgan fingerprint density at radius 2 is 2.25 bits per heavy atom. The fraction of sp³-hybridized carbons (Fsp3) is 0.385. The van der Waals surface area contributed by atoms with Crippen molar-refractivity contribution in [1.29, 1.82) is 5.26 Å². The number of hydrogen-bond acceptors (Lipinski definition) is 4. The van der Waals surface area contributed by atoms with Gasteiger partial charge in [0, 0.05) is 25.0 Å². The molecular formula is C13H14N6O. The number of aromatic amines is 1. The van der Waals surface area contributed by atoms with E-state index in [1.807, 2.05) is 19.9 Å². The third-order valence-electron chi connectivity index (χ3n) is 3.60. The predicted octanol–water partition coefficient (Wildman–Crippen LogP) is 0.792. The van der Waals surface area contributed by atoms with Crippen molar-refractivity contribution in [2.45, 2.75) is 19.9 Å². The van der Waals surface area contributed by atoms with Gasteiger partial charge in [-0.1, -0.05) is 0 Å². The molecular weight excluding hydrogens is 256 g/mol. The molecule has 0 aromatic carbocycles. The highest BCUT2D eigenvalue weighted by Crippen LogP contribution is 2.24. The van der Waals surface area contributed by atoms with Gasteiger partial charge in [0.1, 0.15) is 6.07 Å². The predicted molar refractivity (Wildman–Crippen MR) is 69.9 cm³/mol. The van der Waals surface area contributed by atoms with E-state index in [9.17, 15) is 4.79 Å². The van der Waals surface area contributed by atoms with Crippen LogP contribution in [0, 0.1) is 25.2 Å². The molecule has 1 amide bonds. The van der Waals surface area contributed by atoms with Gasteiger partial charge in [-0.2, -0.15) is 15.5 Å². The molecule has 20 heavy (non-hydrogen) atoms. The topological polar surface area (TPSA) is 90.6 Å². The molecule has 1 aliphatic rings. The van der Waals surface area contributed by atoms with Crippen LogP contribution in [0.4, 0.5) is 0 Å². The van der Waals surface area contributed by atoms with E-state index < -0.39 is 0 Å². The molecule has 1 saturated heterocycles. The number of hydrogen-bond donors (Lipinski definition) is 1. The summed E-state index contributed by atoms with van der Waals surface area (Å²) in [6.45, 7) is 4.88. The van der Waals surface area contributed by atoms with Gasteiger partial charge >= 0.3 is 0 Å². The van der Waals surface area contributed by atoms with E-state index in [1.54, 1.807) is 15.8 Å². The number of carbonyl (C=O) groups is 1. The smallest absolute Gasteiger partial charge is 0.257 e. The molecule has 2 aromatic rings. The molecule has 102 valence electrons. The Morgan fingerprint density at radius 1 is 1.50 bits per heavy atom. The van der Waals surface area contributed by atoms with Crippen molar-refractivity contribution in [1.82, 2.24) is 24.9 Å². The highest BCUT2D eigenvalue weighted by atomic mass is 16.2. The fourth-order valence-electron chi connectivity index (χ4n) is 2.41. The third kappa shape index (κ3) is 1.86. The molecule has 3 heterocycles. The Bertz CT molecular complexity index is 681. The Kier molecular flexibility index (Phi) is 2.79. The minimum absolute atomic E-state index is 0.00216. The number of rotatable bonds is 2. The minimum Gasteiger partial charge on any atom is -0.334 e. The number of amides is 1. The zero-order valence-corrected chi connectivity index (χ0v) is 11.3. The second-order valence-corrected chi connectivity index (χ2v) is 4.99. The van der Waals surface area contributed by atoms with E-state index in [1.165, 1.54) is 6.20 Å². The lowest BCUT2D eigenvalue weighted by Gasteiger charge is -2.39. The number of nitrogens with zero attached hydrogens (tertiary/aromatic N) is 5. The van der Waals surface area contributed by atoms with E-state index in [-0.39, 0.29) is 11.9 Å². The van der Waals surface area contributed by atoms with E-state index >= 15 is 0 Å². The molecule has 0 saturated carbocycles. The third-order valence-corrected chi connectivity index (χ3v) is 3.60. The van der Waals surface area contributed by atoms with E-state index in [2.05, 4.69) is 15.3 Å². The molecule has 0 radical (unpaired) electrons. The maximum Gasteiger partial charge on any atom is 0.257 e. The Hall–Kier alpha value is -2.62. The van der Waals surface area contributed by atoms with Crippen LogP contribution in [-0.4, -0.2) is 43.9 Å². The summed E-state index contributed by atoms with van der Waals surface area (Å²) in [6.07, 6.45) is 3.25. The van der Waals surface area contributed by atoms with Crippen molar-refractivity contribution in [3.05, 3.63) is 34.9 Å².